The first-order valence-corrected chi connectivity index (χ1v) is 8.44. The molecule has 0 spiro atoms. The summed E-state index contributed by atoms with van der Waals surface area (Å²) in [7, 11) is 0. The minimum atomic E-state index is -4.63. The number of nitrogens with one attached hydrogen (secondary N) is 1. The quantitative estimate of drug-likeness (QED) is 0.325. The first kappa shape index (κ1) is 21.8. The van der Waals surface area contributed by atoms with Crippen LogP contribution in [0.2, 0.25) is 0 Å². The molecule has 0 fully saturated rings. The van der Waals surface area contributed by atoms with Crippen LogP contribution in [0.5, 0.6) is 0 Å². The van der Waals surface area contributed by atoms with E-state index in [4.69, 9.17) is 0 Å². The minimum Gasteiger partial charge on any atom is -0.343 e. The summed E-state index contributed by atoms with van der Waals surface area (Å²) in [6.45, 7) is 5.45. The molecule has 0 aromatic heterocycles. The molecule has 2 rings (SSSR count). The van der Waals surface area contributed by atoms with Crippen LogP contribution in [-0.2, 0) is 12.4 Å². The molecular formula is C20H20F6N2. The number of halogens is 6. The minimum absolute atomic E-state index is 0.0147. The predicted molar refractivity (Wildman–Crippen MR) is 97.7 cm³/mol. The number of nitrogens with zero attached hydrogens (tertiary/aromatic N) is 1. The third kappa shape index (κ3) is 6.00. The van der Waals surface area contributed by atoms with E-state index in [1.165, 1.54) is 36.4 Å². The van der Waals surface area contributed by atoms with Gasteiger partial charge in [-0.2, -0.15) is 26.3 Å². The van der Waals surface area contributed by atoms with Gasteiger partial charge in [-0.15, -0.1) is 0 Å². The molecular weight excluding hydrogens is 382 g/mol. The summed E-state index contributed by atoms with van der Waals surface area (Å²) in [5, 5.41) is 2.60. The van der Waals surface area contributed by atoms with Gasteiger partial charge in [-0.1, -0.05) is 45.0 Å². The van der Waals surface area contributed by atoms with Crippen LogP contribution in [0, 0.1) is 5.41 Å². The average Bonchev–Trinajstić information content (AvgIpc) is 2.52. The lowest BCUT2D eigenvalue weighted by atomic mass is 9.91. The van der Waals surface area contributed by atoms with Crippen LogP contribution < -0.4 is 5.32 Å². The highest BCUT2D eigenvalue weighted by Crippen LogP contribution is 2.38. The molecule has 2 nitrogen and oxygen atoms in total. The Morgan fingerprint density at radius 1 is 0.786 bits per heavy atom. The molecule has 0 aliphatic rings. The van der Waals surface area contributed by atoms with Gasteiger partial charge in [0.15, 0.2) is 0 Å². The van der Waals surface area contributed by atoms with Crippen LogP contribution in [0.1, 0.15) is 38.3 Å². The van der Waals surface area contributed by atoms with Crippen LogP contribution in [0.4, 0.5) is 37.7 Å². The zero-order valence-electron chi connectivity index (χ0n) is 15.5. The Hall–Kier alpha value is -2.51. The largest absolute Gasteiger partial charge is 0.418 e. The molecule has 0 bridgehead atoms. The number of amidine groups is 1. The number of alkyl halides is 6. The van der Waals surface area contributed by atoms with Crippen molar-refractivity contribution >= 4 is 17.2 Å². The lowest BCUT2D eigenvalue weighted by Crippen LogP contribution is -2.22. The normalized spacial score (nSPS) is 13.5. The van der Waals surface area contributed by atoms with Gasteiger partial charge in [0.25, 0.3) is 0 Å². The van der Waals surface area contributed by atoms with Gasteiger partial charge < -0.3 is 5.32 Å². The van der Waals surface area contributed by atoms with Gasteiger partial charge in [0.2, 0.25) is 0 Å². The van der Waals surface area contributed by atoms with Gasteiger partial charge in [0.1, 0.15) is 5.84 Å². The zero-order valence-corrected chi connectivity index (χ0v) is 15.5. The first-order valence-electron chi connectivity index (χ1n) is 8.44. The highest BCUT2D eigenvalue weighted by Gasteiger charge is 2.35. The number of rotatable bonds is 3. The Kier molecular flexibility index (Phi) is 6.11. The van der Waals surface area contributed by atoms with E-state index in [0.717, 1.165) is 12.1 Å². The summed E-state index contributed by atoms with van der Waals surface area (Å²) in [4.78, 5) is 4.05. The second-order valence-corrected chi connectivity index (χ2v) is 7.48. The van der Waals surface area contributed by atoms with Crippen LogP contribution >= 0.6 is 0 Å². The maximum absolute atomic E-state index is 13.3. The van der Waals surface area contributed by atoms with E-state index in [1.807, 2.05) is 20.8 Å². The maximum Gasteiger partial charge on any atom is 0.418 e. The molecule has 1 N–H and O–H groups in total. The molecule has 0 aliphatic carbocycles. The summed E-state index contributed by atoms with van der Waals surface area (Å²) in [5.74, 6) is 0.0147. The first-order chi connectivity index (χ1) is 12.8. The standard InChI is InChI=1S/C20H20F6N2/c1-18(2,3)12-17(27-15-10-6-4-8-13(15)19(21,22)23)28-16-11-7-5-9-14(16)20(24,25)26/h4-11H,12H2,1-3H3,(H,27,28). The molecule has 2 aromatic carbocycles. The average molecular weight is 402 g/mol. The Morgan fingerprint density at radius 3 is 1.82 bits per heavy atom. The van der Waals surface area contributed by atoms with Crippen molar-refractivity contribution in [2.45, 2.75) is 39.5 Å². The van der Waals surface area contributed by atoms with Gasteiger partial charge in [-0.05, 0) is 29.7 Å². The van der Waals surface area contributed by atoms with E-state index < -0.39 is 28.9 Å². The van der Waals surface area contributed by atoms with Crippen LogP contribution in [0.25, 0.3) is 0 Å². The van der Waals surface area contributed by atoms with Crippen LogP contribution in [-0.4, -0.2) is 5.84 Å². The number of aliphatic imine (C=N–C) groups is 1. The molecule has 152 valence electrons. The van der Waals surface area contributed by atoms with E-state index >= 15 is 0 Å². The van der Waals surface area contributed by atoms with Crippen molar-refractivity contribution in [1.29, 1.82) is 0 Å². The monoisotopic (exact) mass is 402 g/mol. The second-order valence-electron chi connectivity index (χ2n) is 7.48. The van der Waals surface area contributed by atoms with Gasteiger partial charge >= 0.3 is 12.4 Å². The smallest absolute Gasteiger partial charge is 0.343 e. The predicted octanol–water partition coefficient (Wildman–Crippen LogP) is 7.30. The molecule has 0 heterocycles. The fourth-order valence-corrected chi connectivity index (χ4v) is 2.57. The second kappa shape index (κ2) is 7.85. The van der Waals surface area contributed by atoms with Gasteiger partial charge in [0.05, 0.1) is 22.5 Å². The van der Waals surface area contributed by atoms with E-state index in [-0.39, 0.29) is 23.6 Å². The third-order valence-corrected chi connectivity index (χ3v) is 3.67. The van der Waals surface area contributed by atoms with Crippen molar-refractivity contribution in [3.63, 3.8) is 0 Å². The van der Waals surface area contributed by atoms with Crippen molar-refractivity contribution in [2.24, 2.45) is 10.4 Å². The fraction of sp³-hybridized carbons (Fsp3) is 0.350. The molecule has 0 atom stereocenters. The van der Waals surface area contributed by atoms with Crippen molar-refractivity contribution in [2.75, 3.05) is 5.32 Å². The number of hydrogen-bond acceptors (Lipinski definition) is 1. The Morgan fingerprint density at radius 2 is 1.29 bits per heavy atom. The van der Waals surface area contributed by atoms with Crippen molar-refractivity contribution in [3.8, 4) is 0 Å². The van der Waals surface area contributed by atoms with Gasteiger partial charge in [-0.3, -0.25) is 0 Å². The number of anilines is 1. The summed E-state index contributed by atoms with van der Waals surface area (Å²) in [6.07, 6.45) is -9.09. The van der Waals surface area contributed by atoms with Crippen molar-refractivity contribution in [3.05, 3.63) is 59.7 Å². The summed E-state index contributed by atoms with van der Waals surface area (Å²) >= 11 is 0. The topological polar surface area (TPSA) is 24.4 Å². The molecule has 0 amide bonds. The number of hydrogen-bond donors (Lipinski definition) is 1. The SMILES string of the molecule is CC(C)(C)CC(=Nc1ccccc1C(F)(F)F)Nc1ccccc1C(F)(F)F. The lowest BCUT2D eigenvalue weighted by Gasteiger charge is -2.22. The lowest BCUT2D eigenvalue weighted by molar-refractivity contribution is -0.137. The highest BCUT2D eigenvalue weighted by atomic mass is 19.4. The van der Waals surface area contributed by atoms with E-state index in [1.54, 1.807) is 0 Å². The summed E-state index contributed by atoms with van der Waals surface area (Å²) < 4.78 is 79.5. The van der Waals surface area contributed by atoms with E-state index in [2.05, 4.69) is 10.3 Å². The fourth-order valence-electron chi connectivity index (χ4n) is 2.57. The van der Waals surface area contributed by atoms with Crippen molar-refractivity contribution < 1.29 is 26.3 Å². The highest BCUT2D eigenvalue weighted by molar-refractivity contribution is 5.98. The molecule has 28 heavy (non-hydrogen) atoms. The third-order valence-electron chi connectivity index (χ3n) is 3.67. The molecule has 0 radical (unpaired) electrons. The Bertz CT molecular complexity index is 845. The summed E-state index contributed by atoms with van der Waals surface area (Å²) in [5.41, 5.74) is -2.91. The molecule has 0 unspecified atom stereocenters. The van der Waals surface area contributed by atoms with Crippen molar-refractivity contribution in [1.82, 2.24) is 0 Å². The number of benzene rings is 2. The van der Waals surface area contributed by atoms with E-state index in [0.29, 0.717) is 0 Å². The van der Waals surface area contributed by atoms with Gasteiger partial charge in [-0.25, -0.2) is 4.99 Å². The zero-order chi connectivity index (χ0) is 21.2. The molecule has 0 saturated heterocycles. The Balaban J connectivity index is 2.53. The summed E-state index contributed by atoms with van der Waals surface area (Å²) in [6, 6.07) is 9.48. The molecule has 0 saturated carbocycles. The van der Waals surface area contributed by atoms with Gasteiger partial charge in [0, 0.05) is 6.42 Å². The van der Waals surface area contributed by atoms with Crippen LogP contribution in [0.3, 0.4) is 0 Å². The molecule has 2 aromatic rings. The number of para-hydroxylation sites is 2. The Labute approximate surface area is 159 Å². The van der Waals surface area contributed by atoms with E-state index in [9.17, 15) is 26.3 Å². The maximum atomic E-state index is 13.3. The molecule has 8 heteroatoms. The van der Waals surface area contributed by atoms with Crippen LogP contribution in [0.15, 0.2) is 53.5 Å². The molecule has 0 aliphatic heterocycles.